The van der Waals surface area contributed by atoms with Crippen LogP contribution in [0.3, 0.4) is 0 Å². The molecule has 0 bridgehead atoms. The molecule has 0 radical (unpaired) electrons. The molecule has 11 nitrogen and oxygen atoms in total. The maximum Gasteiger partial charge on any atom is 0.305 e. The molecule has 1 N–H and O–H groups in total. The molecule has 2 aliphatic rings. The van der Waals surface area contributed by atoms with Crippen LogP contribution in [0.25, 0.3) is 0 Å². The van der Waals surface area contributed by atoms with Crippen molar-refractivity contribution in [1.29, 1.82) is 0 Å². The molecule has 0 aromatic carbocycles. The lowest BCUT2D eigenvalue weighted by atomic mass is 10.0. The molecule has 75 heavy (non-hydrogen) atoms. The first-order valence-corrected chi connectivity index (χ1v) is 35.2. The van der Waals surface area contributed by atoms with Gasteiger partial charge in [0.2, 0.25) is 0 Å². The van der Waals surface area contributed by atoms with Crippen LogP contribution in [0.2, 0.25) is 0 Å². The number of unbranched alkanes of at least 4 members (excludes halogenated alkanes) is 31. The molecule has 2 rings (SSSR count). The number of quaternary nitrogens is 1. The lowest BCUT2D eigenvalue weighted by Gasteiger charge is -2.29. The Hall–Kier alpha value is -0.450. The number of nitrogens with zero attached hydrogens (tertiary/aromatic N) is 2. The van der Waals surface area contributed by atoms with Gasteiger partial charge in [0, 0.05) is 42.4 Å². The minimum absolute atomic E-state index is 0.0903. The van der Waals surface area contributed by atoms with Crippen molar-refractivity contribution in [1.82, 2.24) is 5.32 Å². The van der Waals surface area contributed by atoms with Gasteiger partial charge in [-0.05, 0) is 25.7 Å². The van der Waals surface area contributed by atoms with Gasteiger partial charge in [0.1, 0.15) is 13.2 Å². The molecule has 0 spiro atoms. The van der Waals surface area contributed by atoms with Gasteiger partial charge in [0.05, 0.1) is 90.8 Å². The molecule has 14 heteroatoms. The first-order valence-electron chi connectivity index (χ1n) is 31.6. The number of likely N-dealkylation sites (N-methyl/N-ethyl adjacent to an activating group) is 1. The maximum absolute atomic E-state index is 12.1. The van der Waals surface area contributed by atoms with Gasteiger partial charge < -0.3 is 43.3 Å². The Kier molecular flexibility index (Phi) is 49.8. The number of amidine groups is 1. The van der Waals surface area contributed by atoms with E-state index in [2.05, 4.69) is 38.3 Å². The highest BCUT2D eigenvalue weighted by molar-refractivity contribution is 8.76. The summed E-state index contributed by atoms with van der Waals surface area (Å²) in [6.07, 6.45) is 47.7. The van der Waals surface area contributed by atoms with Crippen molar-refractivity contribution < 1.29 is 42.8 Å². The van der Waals surface area contributed by atoms with E-state index in [1.54, 1.807) is 0 Å². The highest BCUT2D eigenvalue weighted by Crippen LogP contribution is 2.35. The van der Waals surface area contributed by atoms with Crippen LogP contribution in [-0.4, -0.2) is 150 Å². The highest BCUT2D eigenvalue weighted by Gasteiger charge is 2.38. The van der Waals surface area contributed by atoms with E-state index in [1.807, 2.05) is 33.3 Å². The van der Waals surface area contributed by atoms with E-state index in [4.69, 9.17) is 28.4 Å². The van der Waals surface area contributed by atoms with Crippen molar-refractivity contribution in [3.05, 3.63) is 0 Å². The molecule has 1 fully saturated rings. The minimum Gasteiger partial charge on any atom is -0.846 e. The van der Waals surface area contributed by atoms with Crippen LogP contribution in [0.15, 0.2) is 4.99 Å². The molecule has 0 aromatic heterocycles. The second kappa shape index (κ2) is 52.9. The van der Waals surface area contributed by atoms with Crippen LogP contribution < -0.4 is 10.4 Å². The first kappa shape index (κ1) is 70.7. The summed E-state index contributed by atoms with van der Waals surface area (Å²) in [6.45, 7) is 12.4. The Morgan fingerprint density at radius 1 is 0.573 bits per heavy atom. The van der Waals surface area contributed by atoms with Gasteiger partial charge in [-0.25, -0.2) is 0 Å². The van der Waals surface area contributed by atoms with E-state index in [-0.39, 0.29) is 36.8 Å². The third kappa shape index (κ3) is 44.9. The normalized spacial score (nSPS) is 16.9. The molecule has 4 atom stereocenters. The average molecular weight is 1120 g/mol. The van der Waals surface area contributed by atoms with Crippen molar-refractivity contribution in [2.24, 2.45) is 4.99 Å². The van der Waals surface area contributed by atoms with Gasteiger partial charge in [0.15, 0.2) is 0 Å². The SMILES string of the molecule is CCCCCCCCCCCCCCCCCCOCC(CSSCC[N+](C)(C)CCOCCOCCOCCOC(=O)CCCC[C@@H]1SC[C@@H]2NC([O-])=N[C@@H]21)OCCCCCCCCCCCCCCCCCC. The van der Waals surface area contributed by atoms with E-state index >= 15 is 0 Å². The number of ether oxygens (including phenoxy) is 6. The predicted molar refractivity (Wildman–Crippen MR) is 323 cm³/mol. The topological polar surface area (TPSA) is 120 Å². The number of rotatable bonds is 60. The van der Waals surface area contributed by atoms with E-state index < -0.39 is 0 Å². The average Bonchev–Trinajstić information content (AvgIpc) is 3.96. The maximum atomic E-state index is 12.1. The van der Waals surface area contributed by atoms with Gasteiger partial charge >= 0.3 is 5.97 Å². The number of fused-ring (bicyclic) bond motifs is 1. The second-order valence-corrected chi connectivity index (χ2v) is 26.4. The third-order valence-electron chi connectivity index (χ3n) is 15.0. The number of carbonyl (C=O) groups excluding carboxylic acids is 1. The van der Waals surface area contributed by atoms with Crippen LogP contribution >= 0.6 is 33.3 Å². The molecule has 1 unspecified atom stereocenters. The first-order chi connectivity index (χ1) is 36.8. The van der Waals surface area contributed by atoms with Gasteiger partial charge in [-0.1, -0.05) is 234 Å². The summed E-state index contributed by atoms with van der Waals surface area (Å²) in [6, 6.07) is 0.0953. The molecular weight excluding hydrogens is 999 g/mol. The summed E-state index contributed by atoms with van der Waals surface area (Å²) in [4.78, 5) is 16.3. The summed E-state index contributed by atoms with van der Waals surface area (Å²) in [7, 11) is 8.49. The lowest BCUT2D eigenvalue weighted by molar-refractivity contribution is -0.888. The fourth-order valence-corrected chi connectivity index (χ4v) is 13.9. The van der Waals surface area contributed by atoms with Gasteiger partial charge in [0.25, 0.3) is 0 Å². The van der Waals surface area contributed by atoms with E-state index in [1.165, 1.54) is 193 Å². The molecule has 1 saturated heterocycles. The molecule has 444 valence electrons. The van der Waals surface area contributed by atoms with E-state index in [0.717, 1.165) is 80.1 Å². The summed E-state index contributed by atoms with van der Waals surface area (Å²) >= 11 is 1.87. The smallest absolute Gasteiger partial charge is 0.305 e. The number of aliphatic imine (C=N–C) groups is 1. The quantitative estimate of drug-likeness (QED) is 0.0270. The number of hydrogen-bond acceptors (Lipinski definition) is 13. The second-order valence-electron chi connectivity index (χ2n) is 22.5. The minimum atomic E-state index is -0.188. The van der Waals surface area contributed by atoms with Crippen molar-refractivity contribution >= 4 is 45.3 Å². The van der Waals surface area contributed by atoms with E-state index in [0.29, 0.717) is 57.9 Å². The Bertz CT molecular complexity index is 1270. The van der Waals surface area contributed by atoms with Gasteiger partial charge in [-0.15, -0.1) is 0 Å². The molecule has 0 saturated carbocycles. The van der Waals surface area contributed by atoms with Crippen molar-refractivity contribution in [2.45, 2.75) is 268 Å². The van der Waals surface area contributed by atoms with E-state index in [9.17, 15) is 9.90 Å². The van der Waals surface area contributed by atoms with Crippen molar-refractivity contribution in [2.75, 3.05) is 111 Å². The number of thioether (sulfide) groups is 1. The predicted octanol–water partition coefficient (Wildman–Crippen LogP) is 14.7. The summed E-state index contributed by atoms with van der Waals surface area (Å²) < 4.78 is 36.2. The van der Waals surface area contributed by atoms with Crippen LogP contribution in [0.1, 0.15) is 245 Å². The Morgan fingerprint density at radius 3 is 1.56 bits per heavy atom. The zero-order valence-electron chi connectivity index (χ0n) is 49.3. The Morgan fingerprint density at radius 2 is 1.04 bits per heavy atom. The summed E-state index contributed by atoms with van der Waals surface area (Å²) in [5, 5.41) is 14.8. The van der Waals surface area contributed by atoms with Crippen LogP contribution in [0, 0.1) is 0 Å². The molecule has 2 aliphatic heterocycles. The fourth-order valence-electron chi connectivity index (χ4n) is 9.91. The zero-order valence-corrected chi connectivity index (χ0v) is 51.7. The number of nitrogens with one attached hydrogen (secondary N) is 1. The molecular formula is C61H119N3O8S3. The largest absolute Gasteiger partial charge is 0.846 e. The molecule has 0 aromatic rings. The van der Waals surface area contributed by atoms with Crippen LogP contribution in [-0.2, 0) is 33.2 Å². The van der Waals surface area contributed by atoms with Gasteiger partial charge in [-0.2, -0.15) is 11.8 Å². The van der Waals surface area contributed by atoms with Crippen LogP contribution in [0.4, 0.5) is 0 Å². The monoisotopic (exact) mass is 1120 g/mol. The third-order valence-corrected chi connectivity index (χ3v) is 18.9. The standard InChI is InChI=1S/C61H119N3O8S3/c1-5-7-9-11-13-15-17-19-21-23-25-27-29-31-33-37-43-70-53-56(71-44-38-34-32-30-28-26-24-22-20-18-16-14-12-10-8-6-2)54-75-74-52-42-64(3,4)41-45-67-46-47-68-48-49-69-50-51-72-59(65)40-36-35-39-58-60-57(55-73-58)62-61(66)63-60/h56-58,60H,5-55H2,1-4H3,(H-,62,63,66)/t56?,57-,58-,60-/m0/s1. The zero-order chi connectivity index (χ0) is 53.8. The highest BCUT2D eigenvalue weighted by atomic mass is 33.1. The number of carbonyl (C=O) groups is 1. The molecule has 0 aliphatic carbocycles. The molecule has 0 amide bonds. The van der Waals surface area contributed by atoms with Crippen molar-refractivity contribution in [3.63, 3.8) is 0 Å². The lowest BCUT2D eigenvalue weighted by Crippen LogP contribution is -2.44. The summed E-state index contributed by atoms with van der Waals surface area (Å²) in [5.41, 5.74) is 0. The Labute approximate surface area is 474 Å². The van der Waals surface area contributed by atoms with Gasteiger partial charge in [-0.3, -0.25) is 9.79 Å². The fraction of sp³-hybridized carbons (Fsp3) is 0.967. The van der Waals surface area contributed by atoms with Crippen LogP contribution in [0.5, 0.6) is 0 Å². The number of esters is 1. The molecule has 2 heterocycles. The van der Waals surface area contributed by atoms with Crippen molar-refractivity contribution in [3.8, 4) is 0 Å². The number of hydrogen-bond donors (Lipinski definition) is 1. The summed E-state index contributed by atoms with van der Waals surface area (Å²) in [5.74, 6) is 2.80. The Balaban J connectivity index is 1.46.